The molecule has 4 N–H and O–H groups in total. The maximum Gasteiger partial charge on any atom is 0.255 e. The van der Waals surface area contributed by atoms with Crippen molar-refractivity contribution in [3.8, 4) is 5.75 Å². The average molecular weight is 706 g/mol. The van der Waals surface area contributed by atoms with Crippen molar-refractivity contribution in [3.05, 3.63) is 96.0 Å². The minimum absolute atomic E-state index is 0.0271. The number of fused-ring (bicyclic) bond motifs is 2. The highest BCUT2D eigenvalue weighted by molar-refractivity contribution is 5.82. The number of β-amino-alcohol motifs (C(OH)–C–C–N with tert-alkyl or cyclic N) is 1. The molecule has 2 aliphatic rings. The highest BCUT2D eigenvalue weighted by atomic mass is 19.3. The predicted molar refractivity (Wildman–Crippen MR) is 186 cm³/mol. The van der Waals surface area contributed by atoms with Gasteiger partial charge >= 0.3 is 0 Å². The normalized spacial score (nSPS) is 21.1. The quantitative estimate of drug-likeness (QED) is 0.164. The van der Waals surface area contributed by atoms with Crippen molar-refractivity contribution in [3.63, 3.8) is 0 Å². The molecule has 5 atom stereocenters. The van der Waals surface area contributed by atoms with Crippen molar-refractivity contribution >= 4 is 22.8 Å². The highest BCUT2D eigenvalue weighted by Crippen LogP contribution is 2.35. The van der Waals surface area contributed by atoms with Gasteiger partial charge in [-0.2, -0.15) is 0 Å². The highest BCUT2D eigenvalue weighted by Gasteiger charge is 2.41. The number of hydrogen-bond acceptors (Lipinski definition) is 9. The van der Waals surface area contributed by atoms with E-state index in [4.69, 9.17) is 9.15 Å². The summed E-state index contributed by atoms with van der Waals surface area (Å²) in [5.41, 5.74) is 1.60. The van der Waals surface area contributed by atoms with Crippen molar-refractivity contribution in [1.82, 2.24) is 25.4 Å². The summed E-state index contributed by atoms with van der Waals surface area (Å²) in [5, 5.41) is 28.6. The molecule has 2 aromatic heterocycles. The van der Waals surface area contributed by atoms with Gasteiger partial charge in [-0.25, -0.2) is 8.78 Å². The fraction of sp³-hybridized carbons (Fsp3) is 0.447. The smallest absolute Gasteiger partial charge is 0.255 e. The van der Waals surface area contributed by atoms with Gasteiger partial charge in [0.05, 0.1) is 24.2 Å². The zero-order valence-electron chi connectivity index (χ0n) is 28.8. The molecule has 4 heterocycles. The number of amides is 2. The van der Waals surface area contributed by atoms with E-state index in [1.807, 2.05) is 62.4 Å². The first-order valence-electron chi connectivity index (χ1n) is 17.3. The number of para-hydroxylation sites is 1. The van der Waals surface area contributed by atoms with Gasteiger partial charge < -0.3 is 30.0 Å². The summed E-state index contributed by atoms with van der Waals surface area (Å²) in [6.45, 7) is 4.30. The van der Waals surface area contributed by atoms with Gasteiger partial charge in [-0.1, -0.05) is 48.5 Å². The van der Waals surface area contributed by atoms with Crippen LogP contribution >= 0.6 is 0 Å². The van der Waals surface area contributed by atoms with E-state index in [0.29, 0.717) is 42.2 Å². The number of aliphatic hydroxyl groups is 2. The monoisotopic (exact) mass is 705 g/mol. The summed E-state index contributed by atoms with van der Waals surface area (Å²) in [4.78, 5) is 35.4. The molecule has 0 spiro atoms. The van der Waals surface area contributed by atoms with E-state index < -0.39 is 54.6 Å². The Kier molecular flexibility index (Phi) is 11.3. The van der Waals surface area contributed by atoms with Gasteiger partial charge in [0.2, 0.25) is 11.8 Å². The maximum atomic E-state index is 13.9. The van der Waals surface area contributed by atoms with Gasteiger partial charge in [-0.15, -0.1) is 0 Å². The molecule has 2 amide bonds. The Labute approximate surface area is 295 Å². The summed E-state index contributed by atoms with van der Waals surface area (Å²) in [5.74, 6) is -0.320. The Balaban J connectivity index is 1.18. The SMILES string of the molecule is CC(C)(c1cc2cnccc2o1)N1CCN(C[C@@H](O)C[C@@H](Cc2ccccc2)C(=O)N[C@H]2c3ccccc3OC[C@H]2O)[C@H](C(=O)NCC(F)F)C1. The van der Waals surface area contributed by atoms with Crippen LogP contribution in [0.4, 0.5) is 8.78 Å². The lowest BCUT2D eigenvalue weighted by atomic mass is 9.90. The lowest BCUT2D eigenvalue weighted by Gasteiger charge is -2.47. The average Bonchev–Trinajstić information content (AvgIpc) is 3.58. The molecule has 51 heavy (non-hydrogen) atoms. The first-order valence-corrected chi connectivity index (χ1v) is 17.3. The molecular weight excluding hydrogens is 660 g/mol. The number of ether oxygens (including phenoxy) is 1. The first-order chi connectivity index (χ1) is 24.5. The number of alkyl halides is 2. The third-order valence-electron chi connectivity index (χ3n) is 9.98. The van der Waals surface area contributed by atoms with Gasteiger partial charge in [0.1, 0.15) is 35.8 Å². The zero-order valence-corrected chi connectivity index (χ0v) is 28.8. The molecule has 13 heteroatoms. The van der Waals surface area contributed by atoms with Crippen molar-refractivity contribution < 1.29 is 37.7 Å². The Morgan fingerprint density at radius 1 is 1.08 bits per heavy atom. The fourth-order valence-corrected chi connectivity index (χ4v) is 7.08. The Morgan fingerprint density at radius 3 is 2.61 bits per heavy atom. The molecule has 1 fully saturated rings. The number of rotatable bonds is 13. The Bertz CT molecular complexity index is 1760. The van der Waals surface area contributed by atoms with Crippen LogP contribution in [0.5, 0.6) is 5.75 Å². The maximum absolute atomic E-state index is 13.9. The van der Waals surface area contributed by atoms with Crippen LogP contribution in [0.3, 0.4) is 0 Å². The van der Waals surface area contributed by atoms with Crippen LogP contribution in [0.25, 0.3) is 11.0 Å². The van der Waals surface area contributed by atoms with E-state index in [0.717, 1.165) is 10.9 Å². The molecule has 272 valence electrons. The van der Waals surface area contributed by atoms with Crippen LogP contribution < -0.4 is 15.4 Å². The van der Waals surface area contributed by atoms with Crippen molar-refractivity contribution in [1.29, 1.82) is 0 Å². The molecule has 0 saturated carbocycles. The molecule has 2 aliphatic heterocycles. The summed E-state index contributed by atoms with van der Waals surface area (Å²) < 4.78 is 38.1. The van der Waals surface area contributed by atoms with E-state index in [2.05, 4.69) is 20.5 Å². The number of benzene rings is 2. The van der Waals surface area contributed by atoms with Gasteiger partial charge in [0.25, 0.3) is 6.43 Å². The third-order valence-corrected chi connectivity index (χ3v) is 9.98. The van der Waals surface area contributed by atoms with E-state index >= 15 is 0 Å². The third kappa shape index (κ3) is 8.55. The number of aliphatic hydroxyl groups excluding tert-OH is 2. The molecule has 0 bridgehead atoms. The summed E-state index contributed by atoms with van der Waals surface area (Å²) in [6.07, 6.45) is -0.957. The van der Waals surface area contributed by atoms with Crippen molar-refractivity contribution in [2.75, 3.05) is 39.3 Å². The van der Waals surface area contributed by atoms with Crippen molar-refractivity contribution in [2.24, 2.45) is 5.92 Å². The number of nitrogens with one attached hydrogen (secondary N) is 2. The standard InChI is InChI=1S/C38H45F2N5O6/c1-38(2,33-18-26-19-41-13-12-31(26)51-33)45-15-14-44(29(22-45)37(49)42-20-34(39)40)21-27(46)17-25(16-24-8-4-3-5-9-24)36(48)43-35-28-10-6-7-11-32(28)50-23-30(35)47/h3-13,18-19,25,27,29-30,34-35,46-47H,14-17,20-23H2,1-2H3,(H,42,49)(H,43,48)/t25-,27+,29+,30-,35+/m1/s1. The number of furan rings is 1. The van der Waals surface area contributed by atoms with Gasteiger partial charge in [-0.3, -0.25) is 24.4 Å². The molecule has 11 nitrogen and oxygen atoms in total. The number of halogens is 2. The van der Waals surface area contributed by atoms with E-state index in [1.54, 1.807) is 35.5 Å². The fourth-order valence-electron chi connectivity index (χ4n) is 7.08. The number of carbonyl (C=O) groups is 2. The van der Waals surface area contributed by atoms with Crippen LogP contribution in [-0.4, -0.2) is 101 Å². The molecule has 2 aromatic carbocycles. The molecule has 1 saturated heterocycles. The second-order valence-corrected chi connectivity index (χ2v) is 13.9. The Hall–Kier alpha value is -4.43. The van der Waals surface area contributed by atoms with Gasteiger partial charge in [0, 0.05) is 55.4 Å². The Morgan fingerprint density at radius 2 is 1.84 bits per heavy atom. The number of piperazine rings is 1. The van der Waals surface area contributed by atoms with Gasteiger partial charge in [0.15, 0.2) is 0 Å². The van der Waals surface area contributed by atoms with Crippen LogP contribution in [0.1, 0.15) is 43.2 Å². The summed E-state index contributed by atoms with van der Waals surface area (Å²) in [6, 6.07) is 18.8. The zero-order chi connectivity index (χ0) is 36.1. The number of carbonyl (C=O) groups excluding carboxylic acids is 2. The van der Waals surface area contributed by atoms with Crippen LogP contribution in [0.15, 0.2) is 83.5 Å². The lowest BCUT2D eigenvalue weighted by molar-refractivity contribution is -0.133. The second-order valence-electron chi connectivity index (χ2n) is 13.9. The molecule has 4 aromatic rings. The molecular formula is C38H45F2N5O6. The van der Waals surface area contributed by atoms with Crippen molar-refractivity contribution in [2.45, 2.75) is 62.9 Å². The van der Waals surface area contributed by atoms with Gasteiger partial charge in [-0.05, 0) is 50.5 Å². The van der Waals surface area contributed by atoms with E-state index in [-0.39, 0.29) is 32.0 Å². The van der Waals surface area contributed by atoms with E-state index in [9.17, 15) is 28.6 Å². The molecule has 0 radical (unpaired) electrons. The largest absolute Gasteiger partial charge is 0.490 e. The second kappa shape index (κ2) is 15.9. The lowest BCUT2D eigenvalue weighted by Crippen LogP contribution is -2.63. The predicted octanol–water partition coefficient (Wildman–Crippen LogP) is 3.65. The van der Waals surface area contributed by atoms with Crippen LogP contribution in [-0.2, 0) is 21.5 Å². The number of aromatic nitrogens is 1. The van der Waals surface area contributed by atoms with Crippen LogP contribution in [0.2, 0.25) is 0 Å². The van der Waals surface area contributed by atoms with E-state index in [1.165, 1.54) is 0 Å². The molecule has 6 rings (SSSR count). The molecule has 0 aliphatic carbocycles. The number of pyridine rings is 1. The topological polar surface area (TPSA) is 140 Å². The summed E-state index contributed by atoms with van der Waals surface area (Å²) >= 11 is 0. The minimum atomic E-state index is -2.72. The van der Waals surface area contributed by atoms with Crippen LogP contribution in [0, 0.1) is 5.92 Å². The number of nitrogens with zero attached hydrogens (tertiary/aromatic N) is 3. The first kappa shape index (κ1) is 36.4. The number of hydrogen-bond donors (Lipinski definition) is 4. The minimum Gasteiger partial charge on any atom is -0.490 e. The molecule has 0 unspecified atom stereocenters. The summed E-state index contributed by atoms with van der Waals surface area (Å²) in [7, 11) is 0.